The van der Waals surface area contributed by atoms with Crippen molar-refractivity contribution in [2.45, 2.75) is 115 Å². The van der Waals surface area contributed by atoms with E-state index in [0.29, 0.717) is 32.1 Å². The van der Waals surface area contributed by atoms with Crippen molar-refractivity contribution < 1.29 is 33.9 Å². The number of likely N-dealkylation sites (N-methyl/N-ethyl adjacent to an activating group) is 1. The molecule has 1 aliphatic rings. The van der Waals surface area contributed by atoms with E-state index in [2.05, 4.69) is 31.6 Å². The van der Waals surface area contributed by atoms with Crippen LogP contribution in [0.25, 0.3) is 0 Å². The zero-order chi connectivity index (χ0) is 42.8. The third kappa shape index (κ3) is 15.0. The first-order valence-corrected chi connectivity index (χ1v) is 20.0. The van der Waals surface area contributed by atoms with E-state index >= 15 is 0 Å². The first-order valence-electron chi connectivity index (χ1n) is 20.0. The van der Waals surface area contributed by atoms with Crippen LogP contribution in [0.4, 0.5) is 0 Å². The molecular weight excluding hydrogens is 745 g/mol. The monoisotopic (exact) mass is 806 g/mol. The number of hydrogen-bond donors (Lipinski definition) is 9. The summed E-state index contributed by atoms with van der Waals surface area (Å²) in [6.07, 6.45) is 2.76. The van der Waals surface area contributed by atoms with Crippen molar-refractivity contribution in [3.8, 4) is 5.75 Å². The van der Waals surface area contributed by atoms with Gasteiger partial charge in [-0.05, 0) is 81.0 Å². The number of hydrogen-bond acceptors (Lipinski definition) is 9. The largest absolute Gasteiger partial charge is 0.508 e. The number of nitrogens with zero attached hydrogens (tertiary/aromatic N) is 2. The number of guanidine groups is 1. The van der Waals surface area contributed by atoms with Gasteiger partial charge < -0.3 is 53.8 Å². The number of benzene rings is 2. The van der Waals surface area contributed by atoms with Crippen molar-refractivity contribution in [3.05, 3.63) is 65.7 Å². The number of phenolic OH excluding ortho intramolecular Hbond substituents is 1. The Hall–Kier alpha value is -5.71. The van der Waals surface area contributed by atoms with E-state index in [0.717, 1.165) is 11.1 Å². The molecule has 0 bridgehead atoms. The van der Waals surface area contributed by atoms with Gasteiger partial charge in [-0.3, -0.25) is 33.8 Å². The maximum atomic E-state index is 14.2. The lowest BCUT2D eigenvalue weighted by atomic mass is 9.96. The van der Waals surface area contributed by atoms with E-state index in [1.54, 1.807) is 26.0 Å². The standard InChI is InChI=1S/C41H62N10O7/c1-5-25(2)34-39(57)48-32(21-18-27-16-19-29(52)20-17-27)40(58)51(4)26(3)35(53)49-33(24-28-12-7-6-8-13-28)37(55)45-22-10-9-15-31(38(56)50-34)47-36(54)30(42)14-11-23-46-41(43)44/h6-8,12-13,16-17,19-20,25-26,30-34,52H,5,9-11,14-15,18,21-24,42H2,1-4H3,(H,45,55)(H,47,54)(H,48,57)(H,49,53)(H,50,56)(H4,43,44,46)/t25-,26-,30-,31?,32?,33-,34-/m0/s1. The summed E-state index contributed by atoms with van der Waals surface area (Å²) < 4.78 is 0. The molecule has 58 heavy (non-hydrogen) atoms. The number of amides is 6. The molecule has 12 N–H and O–H groups in total. The van der Waals surface area contributed by atoms with Crippen LogP contribution < -0.4 is 43.8 Å². The fraction of sp³-hybridized carbons (Fsp3) is 0.537. The summed E-state index contributed by atoms with van der Waals surface area (Å²) in [6, 6.07) is 9.33. The predicted molar refractivity (Wildman–Crippen MR) is 221 cm³/mol. The molecule has 0 aromatic heterocycles. The molecule has 0 aliphatic carbocycles. The van der Waals surface area contributed by atoms with Crippen molar-refractivity contribution in [1.29, 1.82) is 0 Å². The minimum atomic E-state index is -1.14. The molecule has 2 aromatic rings. The van der Waals surface area contributed by atoms with Gasteiger partial charge in [0.15, 0.2) is 5.96 Å². The maximum absolute atomic E-state index is 14.2. The molecule has 1 saturated heterocycles. The zero-order valence-electron chi connectivity index (χ0n) is 34.0. The van der Waals surface area contributed by atoms with Crippen LogP contribution >= 0.6 is 0 Å². The molecule has 318 valence electrons. The van der Waals surface area contributed by atoms with Crippen molar-refractivity contribution in [2.24, 2.45) is 28.1 Å². The molecule has 17 heteroatoms. The average molecular weight is 807 g/mol. The van der Waals surface area contributed by atoms with Gasteiger partial charge >= 0.3 is 0 Å². The van der Waals surface area contributed by atoms with E-state index < -0.39 is 71.7 Å². The highest BCUT2D eigenvalue weighted by Crippen LogP contribution is 2.16. The third-order valence-corrected chi connectivity index (χ3v) is 10.4. The molecule has 3 rings (SSSR count). The molecule has 6 amide bonds. The second kappa shape index (κ2) is 23.5. The van der Waals surface area contributed by atoms with E-state index in [-0.39, 0.29) is 56.4 Å². The van der Waals surface area contributed by atoms with Crippen LogP contribution in [0, 0.1) is 5.92 Å². The third-order valence-electron chi connectivity index (χ3n) is 10.4. The van der Waals surface area contributed by atoms with Crippen LogP contribution in [-0.2, 0) is 41.6 Å². The highest BCUT2D eigenvalue weighted by molar-refractivity contribution is 5.96. The summed E-state index contributed by atoms with van der Waals surface area (Å²) in [6.45, 7) is 5.67. The van der Waals surface area contributed by atoms with Crippen LogP contribution in [-0.4, -0.2) is 108 Å². The number of aromatic hydroxyl groups is 1. The summed E-state index contributed by atoms with van der Waals surface area (Å²) in [4.78, 5) is 88.1. The summed E-state index contributed by atoms with van der Waals surface area (Å²) in [5, 5.41) is 23.9. The van der Waals surface area contributed by atoms with Crippen LogP contribution in [0.1, 0.15) is 76.8 Å². The normalized spacial score (nSPS) is 22.7. The van der Waals surface area contributed by atoms with Gasteiger partial charge in [0, 0.05) is 26.6 Å². The van der Waals surface area contributed by atoms with Gasteiger partial charge in [0.2, 0.25) is 35.4 Å². The van der Waals surface area contributed by atoms with Crippen LogP contribution in [0.3, 0.4) is 0 Å². The molecule has 0 spiro atoms. The molecule has 1 aliphatic heterocycles. The SMILES string of the molecule is CC[C@H](C)[C@@H]1NC(=O)C(NC(=O)[C@@H](N)CCCN=C(N)N)CCCCNC(=O)[C@H](Cc2ccccc2)NC(=O)[C@H](C)N(C)C(=O)C(CCc2ccc(O)cc2)NC1=O. The maximum Gasteiger partial charge on any atom is 0.245 e. The predicted octanol–water partition coefficient (Wildman–Crippen LogP) is 0.0807. The second-order valence-electron chi connectivity index (χ2n) is 14.9. The van der Waals surface area contributed by atoms with Gasteiger partial charge in [-0.1, -0.05) is 62.7 Å². The van der Waals surface area contributed by atoms with Gasteiger partial charge in [-0.2, -0.15) is 0 Å². The quantitative estimate of drug-likeness (QED) is 0.0747. The lowest BCUT2D eigenvalue weighted by Gasteiger charge is -2.32. The average Bonchev–Trinajstić information content (AvgIpc) is 3.21. The summed E-state index contributed by atoms with van der Waals surface area (Å²) in [5.41, 5.74) is 18.6. The molecule has 0 saturated carbocycles. The Morgan fingerprint density at radius 1 is 0.914 bits per heavy atom. The van der Waals surface area contributed by atoms with Gasteiger partial charge in [-0.25, -0.2) is 0 Å². The highest BCUT2D eigenvalue weighted by Gasteiger charge is 2.36. The van der Waals surface area contributed by atoms with Crippen molar-refractivity contribution in [1.82, 2.24) is 31.5 Å². The van der Waals surface area contributed by atoms with Gasteiger partial charge in [-0.15, -0.1) is 0 Å². The zero-order valence-corrected chi connectivity index (χ0v) is 34.0. The molecule has 1 heterocycles. The summed E-state index contributed by atoms with van der Waals surface area (Å²) in [5.74, 6) is -3.75. The van der Waals surface area contributed by atoms with E-state index in [9.17, 15) is 33.9 Å². The lowest BCUT2D eigenvalue weighted by Crippen LogP contribution is -2.60. The molecular formula is C41H62N10O7. The molecule has 7 atom stereocenters. The Labute approximate surface area is 340 Å². The molecule has 1 fully saturated rings. The number of carbonyl (C=O) groups excluding carboxylic acids is 6. The Bertz CT molecular complexity index is 1700. The minimum Gasteiger partial charge on any atom is -0.508 e. The van der Waals surface area contributed by atoms with Crippen molar-refractivity contribution >= 4 is 41.4 Å². The topological polar surface area (TPSA) is 276 Å². The molecule has 2 unspecified atom stereocenters. The number of rotatable bonds is 13. The van der Waals surface area contributed by atoms with Gasteiger partial charge in [0.05, 0.1) is 6.04 Å². The first kappa shape index (κ1) is 46.7. The van der Waals surface area contributed by atoms with Crippen molar-refractivity contribution in [3.63, 3.8) is 0 Å². The minimum absolute atomic E-state index is 0.0744. The van der Waals surface area contributed by atoms with Crippen LogP contribution in [0.15, 0.2) is 59.6 Å². The number of nitrogens with one attached hydrogen (secondary N) is 5. The fourth-order valence-electron chi connectivity index (χ4n) is 6.42. The fourth-order valence-corrected chi connectivity index (χ4v) is 6.42. The second-order valence-corrected chi connectivity index (χ2v) is 14.9. The number of phenols is 1. The number of nitrogens with two attached hydrogens (primary N) is 3. The number of aliphatic imine (C=N–C) groups is 1. The van der Waals surface area contributed by atoms with E-state index in [1.807, 2.05) is 37.3 Å². The van der Waals surface area contributed by atoms with E-state index in [1.165, 1.54) is 24.1 Å². The van der Waals surface area contributed by atoms with Crippen LogP contribution in [0.2, 0.25) is 0 Å². The Morgan fingerprint density at radius 2 is 1.59 bits per heavy atom. The first-order chi connectivity index (χ1) is 27.6. The Morgan fingerprint density at radius 3 is 2.24 bits per heavy atom. The van der Waals surface area contributed by atoms with Crippen LogP contribution in [0.5, 0.6) is 5.75 Å². The van der Waals surface area contributed by atoms with Crippen molar-refractivity contribution in [2.75, 3.05) is 20.1 Å². The molecule has 0 radical (unpaired) electrons. The summed E-state index contributed by atoms with van der Waals surface area (Å²) >= 11 is 0. The number of aryl methyl sites for hydroxylation is 1. The smallest absolute Gasteiger partial charge is 0.245 e. The van der Waals surface area contributed by atoms with Gasteiger partial charge in [0.25, 0.3) is 0 Å². The molecule has 2 aromatic carbocycles. The molecule has 17 nitrogen and oxygen atoms in total. The van der Waals surface area contributed by atoms with Gasteiger partial charge in [0.1, 0.15) is 36.0 Å². The highest BCUT2D eigenvalue weighted by atomic mass is 16.3. The summed E-state index contributed by atoms with van der Waals surface area (Å²) in [7, 11) is 1.45. The Kier molecular flexibility index (Phi) is 18.9. The van der Waals surface area contributed by atoms with E-state index in [4.69, 9.17) is 17.2 Å². The lowest BCUT2D eigenvalue weighted by molar-refractivity contribution is -0.142. The Balaban J connectivity index is 1.97. The number of carbonyl (C=O) groups is 6.